The van der Waals surface area contributed by atoms with E-state index in [-0.39, 0.29) is 11.7 Å². The minimum absolute atomic E-state index is 0.315. The fraction of sp³-hybridized carbons (Fsp3) is 0.444. The van der Waals surface area contributed by atoms with Gasteiger partial charge in [-0.25, -0.2) is 4.39 Å². The number of carbonyl (C=O) groups excluding carboxylic acids is 1. The van der Waals surface area contributed by atoms with Crippen LogP contribution in [-0.2, 0) is 12.8 Å². The van der Waals surface area contributed by atoms with Crippen molar-refractivity contribution >= 4 is 21.8 Å². The van der Waals surface area contributed by atoms with E-state index >= 15 is 0 Å². The minimum atomic E-state index is -0.419. The monoisotopic (exact) mass is 544 g/mol. The predicted octanol–water partition coefficient (Wildman–Crippen LogP) is 4.69. The average Bonchev–Trinajstić information content (AvgIpc) is 3.30. The normalized spacial score (nSPS) is 20.1. The quantitative estimate of drug-likeness (QED) is 0.427. The first-order valence-corrected chi connectivity index (χ1v) is 13.1. The average molecular weight is 545 g/mol. The molecule has 0 aliphatic carbocycles. The number of methoxy groups -OCH3 is 1. The van der Waals surface area contributed by atoms with E-state index in [1.54, 1.807) is 19.2 Å². The number of piperidine rings is 1. The van der Waals surface area contributed by atoms with Crippen LogP contribution in [-0.4, -0.2) is 43.3 Å². The number of nitrogens with one attached hydrogen (secondary N) is 3. The predicted molar refractivity (Wildman–Crippen MR) is 140 cm³/mol. The molecule has 0 saturated carbocycles. The van der Waals surface area contributed by atoms with Crippen LogP contribution in [0, 0.1) is 5.82 Å². The van der Waals surface area contributed by atoms with Crippen molar-refractivity contribution in [3.05, 3.63) is 75.3 Å². The fourth-order valence-electron chi connectivity index (χ4n) is 4.87. The van der Waals surface area contributed by atoms with Crippen molar-refractivity contribution in [2.45, 2.75) is 57.8 Å². The standard InChI is InChI=1S/C27H34BrFN4O2/c1-18-6-3-4-14-33(18)15-13-21-17-30-27(31-21)32-26(34)23-7-5-8-24(29)22(23)11-9-19-16-20(28)10-12-25(19)35-2/h5,7-8,10,12,16-18,27,30-31H,3-4,6,9,11,13-15H2,1-2H3,(H,32,34). The number of benzene rings is 2. The second-order valence-corrected chi connectivity index (χ2v) is 10.2. The number of amides is 1. The van der Waals surface area contributed by atoms with Crippen molar-refractivity contribution in [3.8, 4) is 5.75 Å². The molecular weight excluding hydrogens is 511 g/mol. The van der Waals surface area contributed by atoms with Crippen molar-refractivity contribution in [2.75, 3.05) is 20.2 Å². The number of ether oxygens (including phenoxy) is 1. The van der Waals surface area contributed by atoms with E-state index in [1.165, 1.54) is 25.3 Å². The van der Waals surface area contributed by atoms with Crippen LogP contribution in [0.4, 0.5) is 4.39 Å². The molecule has 2 aromatic rings. The van der Waals surface area contributed by atoms with Gasteiger partial charge in [0.1, 0.15) is 11.6 Å². The van der Waals surface area contributed by atoms with Gasteiger partial charge in [-0.3, -0.25) is 4.79 Å². The Kier molecular flexibility index (Phi) is 8.68. The summed E-state index contributed by atoms with van der Waals surface area (Å²) in [5.41, 5.74) is 2.76. The van der Waals surface area contributed by atoms with Crippen LogP contribution < -0.4 is 20.7 Å². The Morgan fingerprint density at radius 1 is 1.23 bits per heavy atom. The molecule has 2 unspecified atom stereocenters. The summed E-state index contributed by atoms with van der Waals surface area (Å²) in [6.07, 6.45) is 7.15. The number of hydrogen-bond acceptors (Lipinski definition) is 5. The van der Waals surface area contributed by atoms with E-state index in [1.807, 2.05) is 24.4 Å². The van der Waals surface area contributed by atoms with E-state index in [0.29, 0.717) is 30.0 Å². The zero-order chi connectivity index (χ0) is 24.8. The molecule has 0 spiro atoms. The van der Waals surface area contributed by atoms with Crippen molar-refractivity contribution in [3.63, 3.8) is 0 Å². The van der Waals surface area contributed by atoms with Crippen molar-refractivity contribution < 1.29 is 13.9 Å². The second-order valence-electron chi connectivity index (χ2n) is 9.24. The summed E-state index contributed by atoms with van der Waals surface area (Å²) in [6, 6.07) is 11.0. The van der Waals surface area contributed by atoms with Crippen molar-refractivity contribution in [1.82, 2.24) is 20.9 Å². The van der Waals surface area contributed by atoms with Gasteiger partial charge in [-0.15, -0.1) is 0 Å². The molecule has 0 radical (unpaired) electrons. The molecule has 1 fully saturated rings. The smallest absolute Gasteiger partial charge is 0.254 e. The minimum Gasteiger partial charge on any atom is -0.496 e. The van der Waals surface area contributed by atoms with Gasteiger partial charge in [0.2, 0.25) is 0 Å². The van der Waals surface area contributed by atoms with Crippen LogP contribution in [0.25, 0.3) is 0 Å². The Bertz CT molecular complexity index is 1080. The van der Waals surface area contributed by atoms with Crippen LogP contribution in [0.1, 0.15) is 54.1 Å². The summed E-state index contributed by atoms with van der Waals surface area (Å²) >= 11 is 3.48. The van der Waals surface area contributed by atoms with Gasteiger partial charge in [-0.05, 0) is 75.0 Å². The third-order valence-corrected chi connectivity index (χ3v) is 7.38. The van der Waals surface area contributed by atoms with Crippen LogP contribution in [0.3, 0.4) is 0 Å². The van der Waals surface area contributed by atoms with Gasteiger partial charge >= 0.3 is 0 Å². The number of likely N-dealkylation sites (tertiary alicyclic amines) is 1. The number of halogens is 2. The maximum atomic E-state index is 14.8. The number of rotatable bonds is 9. The van der Waals surface area contributed by atoms with Crippen molar-refractivity contribution in [2.24, 2.45) is 0 Å². The van der Waals surface area contributed by atoms with Crippen LogP contribution in [0.2, 0.25) is 0 Å². The summed E-state index contributed by atoms with van der Waals surface area (Å²) < 4.78 is 21.2. The van der Waals surface area contributed by atoms with E-state index in [0.717, 1.165) is 41.0 Å². The summed E-state index contributed by atoms with van der Waals surface area (Å²) in [5.74, 6) is 0.0471. The second kappa shape index (κ2) is 11.9. The van der Waals surface area contributed by atoms with Crippen molar-refractivity contribution in [1.29, 1.82) is 0 Å². The highest BCUT2D eigenvalue weighted by Crippen LogP contribution is 2.26. The molecule has 4 rings (SSSR count). The lowest BCUT2D eigenvalue weighted by Crippen LogP contribution is -2.49. The number of carbonyl (C=O) groups is 1. The molecule has 2 aliphatic rings. The summed E-state index contributed by atoms with van der Waals surface area (Å²) in [6.45, 7) is 4.44. The molecule has 6 nitrogen and oxygen atoms in total. The maximum Gasteiger partial charge on any atom is 0.254 e. The van der Waals surface area contributed by atoms with Gasteiger partial charge in [-0.2, -0.15) is 0 Å². The summed E-state index contributed by atoms with van der Waals surface area (Å²) in [5, 5.41) is 9.46. The molecular formula is C27H34BrFN4O2. The lowest BCUT2D eigenvalue weighted by Gasteiger charge is -2.33. The first-order chi connectivity index (χ1) is 16.9. The number of hydrogen-bond donors (Lipinski definition) is 3. The first kappa shape index (κ1) is 25.5. The Balaban J connectivity index is 1.35. The molecule has 3 N–H and O–H groups in total. The largest absolute Gasteiger partial charge is 0.496 e. The third kappa shape index (κ3) is 6.55. The molecule has 2 aliphatic heterocycles. The zero-order valence-corrected chi connectivity index (χ0v) is 22.0. The van der Waals surface area contributed by atoms with E-state index in [4.69, 9.17) is 4.74 Å². The summed E-state index contributed by atoms with van der Waals surface area (Å²) in [7, 11) is 1.62. The maximum absolute atomic E-state index is 14.8. The number of nitrogens with zero attached hydrogens (tertiary/aromatic N) is 1. The fourth-order valence-corrected chi connectivity index (χ4v) is 5.27. The lowest BCUT2D eigenvalue weighted by atomic mass is 9.98. The molecule has 2 aromatic carbocycles. The van der Waals surface area contributed by atoms with E-state index < -0.39 is 6.29 Å². The van der Waals surface area contributed by atoms with Gasteiger partial charge < -0.3 is 25.6 Å². The first-order valence-electron chi connectivity index (χ1n) is 12.3. The topological polar surface area (TPSA) is 65.6 Å². The Morgan fingerprint density at radius 2 is 2.09 bits per heavy atom. The molecule has 1 amide bonds. The molecule has 0 bridgehead atoms. The van der Waals surface area contributed by atoms with Gasteiger partial charge in [-0.1, -0.05) is 28.4 Å². The highest BCUT2D eigenvalue weighted by molar-refractivity contribution is 9.10. The molecule has 0 aromatic heterocycles. The van der Waals surface area contributed by atoms with Gasteiger partial charge in [0.05, 0.1) is 7.11 Å². The molecule has 2 atom stereocenters. The van der Waals surface area contributed by atoms with Gasteiger partial charge in [0.25, 0.3) is 5.91 Å². The highest BCUT2D eigenvalue weighted by atomic mass is 79.9. The Labute approximate surface area is 215 Å². The number of aryl methyl sites for hydroxylation is 1. The van der Waals surface area contributed by atoms with E-state index in [9.17, 15) is 9.18 Å². The molecule has 188 valence electrons. The SMILES string of the molecule is COc1ccc(Br)cc1CCc1c(F)cccc1C(=O)NC1NC=C(CCN2CCCCC2C)N1. The highest BCUT2D eigenvalue weighted by Gasteiger charge is 2.23. The Morgan fingerprint density at radius 3 is 2.89 bits per heavy atom. The van der Waals surface area contributed by atoms with Crippen LogP contribution in [0.15, 0.2) is 52.8 Å². The van der Waals surface area contributed by atoms with Crippen LogP contribution in [0.5, 0.6) is 5.75 Å². The molecule has 2 heterocycles. The zero-order valence-electron chi connectivity index (χ0n) is 20.4. The van der Waals surface area contributed by atoms with Crippen LogP contribution >= 0.6 is 15.9 Å². The lowest BCUT2D eigenvalue weighted by molar-refractivity contribution is 0.0928. The Hall–Kier alpha value is -2.58. The van der Waals surface area contributed by atoms with Gasteiger partial charge in [0.15, 0.2) is 6.29 Å². The van der Waals surface area contributed by atoms with Gasteiger partial charge in [0, 0.05) is 46.5 Å². The van der Waals surface area contributed by atoms with E-state index in [2.05, 4.69) is 43.7 Å². The molecule has 35 heavy (non-hydrogen) atoms. The third-order valence-electron chi connectivity index (χ3n) is 6.89. The molecule has 8 heteroatoms. The summed E-state index contributed by atoms with van der Waals surface area (Å²) in [4.78, 5) is 15.6. The molecule has 1 saturated heterocycles.